The van der Waals surface area contributed by atoms with E-state index >= 15 is 0 Å². The SMILES string of the molecule is O=CCN1CCN(CC(=O)O)CCN(CC(=O)O)CCN(C(CCO)C(=O)O)CC1. The molecule has 1 aliphatic heterocycles. The van der Waals surface area contributed by atoms with Gasteiger partial charge in [-0.2, -0.15) is 0 Å². The lowest BCUT2D eigenvalue weighted by molar-refractivity contribution is -0.145. The third-order valence-corrected chi connectivity index (χ3v) is 5.05. The summed E-state index contributed by atoms with van der Waals surface area (Å²) in [7, 11) is 0. The van der Waals surface area contributed by atoms with E-state index in [9.17, 15) is 34.5 Å². The van der Waals surface area contributed by atoms with Gasteiger partial charge in [0.2, 0.25) is 0 Å². The van der Waals surface area contributed by atoms with Gasteiger partial charge in [-0.1, -0.05) is 0 Å². The molecule has 1 fully saturated rings. The van der Waals surface area contributed by atoms with E-state index in [0.29, 0.717) is 39.3 Å². The molecule has 172 valence electrons. The van der Waals surface area contributed by atoms with Crippen molar-refractivity contribution in [3.05, 3.63) is 0 Å². The molecule has 1 unspecified atom stereocenters. The molecule has 0 bridgehead atoms. The van der Waals surface area contributed by atoms with E-state index in [1.54, 1.807) is 14.7 Å². The maximum Gasteiger partial charge on any atom is 0.321 e. The van der Waals surface area contributed by atoms with E-state index in [0.717, 1.165) is 6.29 Å². The van der Waals surface area contributed by atoms with Crippen LogP contribution in [-0.4, -0.2) is 149 Å². The first kappa shape index (κ1) is 25.9. The van der Waals surface area contributed by atoms with E-state index < -0.39 is 23.9 Å². The Balaban J connectivity index is 3.02. The van der Waals surface area contributed by atoms with Gasteiger partial charge in [0.1, 0.15) is 12.3 Å². The first-order chi connectivity index (χ1) is 14.3. The zero-order chi connectivity index (χ0) is 22.5. The fourth-order valence-corrected chi connectivity index (χ4v) is 3.44. The molecule has 1 aliphatic rings. The summed E-state index contributed by atoms with van der Waals surface area (Å²) >= 11 is 0. The van der Waals surface area contributed by atoms with E-state index in [1.807, 2.05) is 4.90 Å². The van der Waals surface area contributed by atoms with E-state index in [1.165, 1.54) is 0 Å². The van der Waals surface area contributed by atoms with Crippen LogP contribution >= 0.6 is 0 Å². The van der Waals surface area contributed by atoms with Gasteiger partial charge in [0.15, 0.2) is 0 Å². The second-order valence-electron chi connectivity index (χ2n) is 7.21. The number of nitrogens with zero attached hydrogens (tertiary/aromatic N) is 4. The molecule has 30 heavy (non-hydrogen) atoms. The molecule has 12 nitrogen and oxygen atoms in total. The summed E-state index contributed by atoms with van der Waals surface area (Å²) < 4.78 is 0. The number of carboxylic acids is 3. The van der Waals surface area contributed by atoms with Crippen LogP contribution in [0.5, 0.6) is 0 Å². The lowest BCUT2D eigenvalue weighted by Gasteiger charge is -2.35. The van der Waals surface area contributed by atoms with Crippen molar-refractivity contribution in [1.29, 1.82) is 0 Å². The second kappa shape index (κ2) is 14.0. The summed E-state index contributed by atoms with van der Waals surface area (Å²) in [6.07, 6.45) is 0.781. The fraction of sp³-hybridized carbons (Fsp3) is 0.778. The monoisotopic (exact) mass is 432 g/mol. The Morgan fingerprint density at radius 1 is 0.767 bits per heavy atom. The number of aliphatic hydroxyl groups is 1. The fourth-order valence-electron chi connectivity index (χ4n) is 3.44. The van der Waals surface area contributed by atoms with Gasteiger partial charge in [-0.15, -0.1) is 0 Å². The number of aldehydes is 1. The summed E-state index contributed by atoms with van der Waals surface area (Å²) in [5, 5.41) is 37.1. The van der Waals surface area contributed by atoms with Gasteiger partial charge in [0.25, 0.3) is 0 Å². The van der Waals surface area contributed by atoms with Crippen LogP contribution in [0.3, 0.4) is 0 Å². The molecule has 4 N–H and O–H groups in total. The van der Waals surface area contributed by atoms with Crippen molar-refractivity contribution in [1.82, 2.24) is 19.6 Å². The summed E-state index contributed by atoms with van der Waals surface area (Å²) in [5.41, 5.74) is 0. The molecular weight excluding hydrogens is 400 g/mol. The van der Waals surface area contributed by atoms with Gasteiger partial charge in [0, 0.05) is 59.0 Å². The van der Waals surface area contributed by atoms with Crippen LogP contribution in [0.15, 0.2) is 0 Å². The molecule has 0 radical (unpaired) electrons. The molecule has 1 saturated heterocycles. The van der Waals surface area contributed by atoms with Crippen LogP contribution in [0.25, 0.3) is 0 Å². The third-order valence-electron chi connectivity index (χ3n) is 5.05. The van der Waals surface area contributed by atoms with Crippen LogP contribution in [0.4, 0.5) is 0 Å². The average molecular weight is 432 g/mol. The highest BCUT2D eigenvalue weighted by Gasteiger charge is 2.27. The molecule has 12 heteroatoms. The number of rotatable bonds is 10. The summed E-state index contributed by atoms with van der Waals surface area (Å²) in [6, 6.07) is -0.925. The Morgan fingerprint density at radius 2 is 1.20 bits per heavy atom. The lowest BCUT2D eigenvalue weighted by Crippen LogP contribution is -2.51. The molecule has 0 amide bonds. The number of carbonyl (C=O) groups excluding carboxylic acids is 1. The Hall–Kier alpha value is -2.12. The summed E-state index contributed by atoms with van der Waals surface area (Å²) in [5.74, 6) is -3.09. The summed E-state index contributed by atoms with van der Waals surface area (Å²) in [6.45, 7) is 2.05. The van der Waals surface area contributed by atoms with Gasteiger partial charge in [-0.25, -0.2) is 0 Å². The highest BCUT2D eigenvalue weighted by molar-refractivity contribution is 5.73. The number of carbonyl (C=O) groups is 4. The highest BCUT2D eigenvalue weighted by Crippen LogP contribution is 2.08. The molecule has 0 aliphatic carbocycles. The van der Waals surface area contributed by atoms with Crippen LogP contribution < -0.4 is 0 Å². The third kappa shape index (κ3) is 10.1. The molecule has 0 saturated carbocycles. The number of hydrogen-bond donors (Lipinski definition) is 4. The first-order valence-corrected chi connectivity index (χ1v) is 9.88. The Labute approximate surface area is 175 Å². The Morgan fingerprint density at radius 3 is 1.60 bits per heavy atom. The molecule has 0 aromatic rings. The average Bonchev–Trinajstić information content (AvgIpc) is 2.65. The minimum absolute atomic E-state index is 0.0360. The van der Waals surface area contributed by atoms with Crippen molar-refractivity contribution in [3.63, 3.8) is 0 Å². The van der Waals surface area contributed by atoms with Crippen LogP contribution in [0.1, 0.15) is 6.42 Å². The molecular formula is C18H32N4O8. The second-order valence-corrected chi connectivity index (χ2v) is 7.21. The number of hydrogen-bond acceptors (Lipinski definition) is 9. The van der Waals surface area contributed by atoms with Crippen LogP contribution in [-0.2, 0) is 19.2 Å². The van der Waals surface area contributed by atoms with E-state index in [-0.39, 0.29) is 45.8 Å². The highest BCUT2D eigenvalue weighted by atomic mass is 16.4. The zero-order valence-corrected chi connectivity index (χ0v) is 17.1. The van der Waals surface area contributed by atoms with E-state index in [4.69, 9.17) is 5.11 Å². The standard InChI is InChI=1S/C18H32N4O8/c23-11-1-15(18(29)30)22-8-6-19(10-12-24)2-3-20(13-16(25)26)4-5-21(7-9-22)14-17(27)28/h12,15,23H,1-11,13-14H2,(H,25,26)(H,27,28)(H,29,30). The largest absolute Gasteiger partial charge is 0.480 e. The van der Waals surface area contributed by atoms with E-state index in [2.05, 4.69) is 0 Å². The van der Waals surface area contributed by atoms with Gasteiger partial charge >= 0.3 is 17.9 Å². The lowest BCUT2D eigenvalue weighted by atomic mass is 10.1. The molecule has 1 heterocycles. The minimum atomic E-state index is -1.07. The van der Waals surface area contributed by atoms with Gasteiger partial charge < -0.3 is 25.2 Å². The maximum atomic E-state index is 11.7. The van der Waals surface area contributed by atoms with Crippen LogP contribution in [0.2, 0.25) is 0 Å². The predicted molar refractivity (Wildman–Crippen MR) is 105 cm³/mol. The predicted octanol–water partition coefficient (Wildman–Crippen LogP) is -2.59. The Bertz CT molecular complexity index is 576. The van der Waals surface area contributed by atoms with Crippen LogP contribution in [0, 0.1) is 0 Å². The normalized spacial score (nSPS) is 20.0. The summed E-state index contributed by atoms with van der Waals surface area (Å²) in [4.78, 5) is 51.9. The molecule has 0 aromatic carbocycles. The van der Waals surface area contributed by atoms with Crippen molar-refractivity contribution in [2.75, 3.05) is 78.6 Å². The molecule has 0 spiro atoms. The molecule has 1 rings (SSSR count). The van der Waals surface area contributed by atoms with Gasteiger partial charge in [0.05, 0.1) is 19.6 Å². The number of carboxylic acid groups (broad SMARTS) is 3. The Kier molecular flexibility index (Phi) is 12.1. The van der Waals surface area contributed by atoms with Crippen molar-refractivity contribution < 1.29 is 39.6 Å². The zero-order valence-electron chi connectivity index (χ0n) is 17.1. The number of aliphatic carboxylic acids is 3. The maximum absolute atomic E-state index is 11.7. The number of aliphatic hydroxyl groups excluding tert-OH is 1. The van der Waals surface area contributed by atoms with Gasteiger partial charge in [-0.05, 0) is 6.42 Å². The van der Waals surface area contributed by atoms with Crippen molar-refractivity contribution in [2.45, 2.75) is 12.5 Å². The van der Waals surface area contributed by atoms with Crippen molar-refractivity contribution >= 4 is 24.2 Å². The minimum Gasteiger partial charge on any atom is -0.480 e. The quantitative estimate of drug-likeness (QED) is 0.267. The molecule has 0 aromatic heterocycles. The first-order valence-electron chi connectivity index (χ1n) is 9.88. The topological polar surface area (TPSA) is 162 Å². The van der Waals surface area contributed by atoms with Gasteiger partial charge in [-0.3, -0.25) is 34.0 Å². The molecule has 1 atom stereocenters. The smallest absolute Gasteiger partial charge is 0.321 e. The van der Waals surface area contributed by atoms with Crippen molar-refractivity contribution in [2.24, 2.45) is 0 Å². The van der Waals surface area contributed by atoms with Crippen molar-refractivity contribution in [3.8, 4) is 0 Å².